The predicted molar refractivity (Wildman–Crippen MR) is 50.5 cm³/mol. The monoisotopic (exact) mass is 168 g/mol. The second-order valence-electron chi connectivity index (χ2n) is 2.26. The molecule has 0 aliphatic heterocycles. The van der Waals surface area contributed by atoms with Crippen LogP contribution in [0.15, 0.2) is 35.3 Å². The zero-order chi connectivity index (χ0) is 8.10. The normalized spacial score (nSPS) is 26.4. The molecule has 0 spiro atoms. The first-order valence-electron chi connectivity index (χ1n) is 3.69. The standard InChI is InChI=1S/C9H12OS/c1-2-11-7-8-5-3-4-6-9(8)10/h3-7,9-10H,2H2,1H3/b8-7+. The molecular formula is C9H12OS. The molecule has 0 saturated carbocycles. The fourth-order valence-corrected chi connectivity index (χ4v) is 1.41. The predicted octanol–water partition coefficient (Wildman–Crippen LogP) is 2.11. The zero-order valence-corrected chi connectivity index (χ0v) is 7.34. The van der Waals surface area contributed by atoms with Gasteiger partial charge in [-0.15, -0.1) is 11.8 Å². The lowest BCUT2D eigenvalue weighted by Gasteiger charge is -2.09. The summed E-state index contributed by atoms with van der Waals surface area (Å²) in [5, 5.41) is 11.4. The lowest BCUT2D eigenvalue weighted by atomic mass is 10.1. The highest BCUT2D eigenvalue weighted by Gasteiger charge is 2.05. The number of thioether (sulfide) groups is 1. The van der Waals surface area contributed by atoms with E-state index in [0.29, 0.717) is 0 Å². The van der Waals surface area contributed by atoms with Crippen LogP contribution in [-0.4, -0.2) is 17.0 Å². The van der Waals surface area contributed by atoms with Crippen LogP contribution in [0.1, 0.15) is 6.92 Å². The number of allylic oxidation sites excluding steroid dienone is 2. The van der Waals surface area contributed by atoms with E-state index in [9.17, 15) is 5.11 Å². The molecule has 0 aromatic rings. The third-order valence-electron chi connectivity index (χ3n) is 1.42. The van der Waals surface area contributed by atoms with Gasteiger partial charge in [0, 0.05) is 0 Å². The van der Waals surface area contributed by atoms with Crippen LogP contribution in [0.3, 0.4) is 0 Å². The molecule has 1 rings (SSSR count). The first-order valence-corrected chi connectivity index (χ1v) is 4.74. The fourth-order valence-electron chi connectivity index (χ4n) is 0.834. The van der Waals surface area contributed by atoms with Crippen molar-refractivity contribution in [2.75, 3.05) is 5.75 Å². The van der Waals surface area contributed by atoms with Crippen molar-refractivity contribution in [2.24, 2.45) is 0 Å². The van der Waals surface area contributed by atoms with Crippen LogP contribution in [0.5, 0.6) is 0 Å². The topological polar surface area (TPSA) is 20.2 Å². The smallest absolute Gasteiger partial charge is 0.0979 e. The summed E-state index contributed by atoms with van der Waals surface area (Å²) in [4.78, 5) is 0. The van der Waals surface area contributed by atoms with Gasteiger partial charge in [-0.25, -0.2) is 0 Å². The summed E-state index contributed by atoms with van der Waals surface area (Å²) >= 11 is 1.71. The maximum atomic E-state index is 9.38. The second-order valence-corrected chi connectivity index (χ2v) is 3.41. The third-order valence-corrected chi connectivity index (χ3v) is 2.19. The highest BCUT2D eigenvalue weighted by molar-refractivity contribution is 8.02. The molecule has 2 heteroatoms. The summed E-state index contributed by atoms with van der Waals surface area (Å²) in [5.74, 6) is 1.05. The van der Waals surface area contributed by atoms with Gasteiger partial charge in [0.2, 0.25) is 0 Å². The summed E-state index contributed by atoms with van der Waals surface area (Å²) in [5.41, 5.74) is 0.986. The van der Waals surface area contributed by atoms with Gasteiger partial charge in [-0.2, -0.15) is 0 Å². The average molecular weight is 168 g/mol. The molecular weight excluding hydrogens is 156 g/mol. The minimum Gasteiger partial charge on any atom is -0.384 e. The van der Waals surface area contributed by atoms with E-state index in [0.717, 1.165) is 11.3 Å². The van der Waals surface area contributed by atoms with Gasteiger partial charge in [-0.05, 0) is 16.7 Å². The zero-order valence-electron chi connectivity index (χ0n) is 6.53. The largest absolute Gasteiger partial charge is 0.384 e. The maximum absolute atomic E-state index is 9.38. The molecule has 1 atom stereocenters. The minimum absolute atomic E-state index is 0.404. The molecule has 0 aromatic heterocycles. The molecule has 0 bridgehead atoms. The third kappa shape index (κ3) is 2.56. The van der Waals surface area contributed by atoms with E-state index in [4.69, 9.17) is 0 Å². The number of aliphatic hydroxyl groups is 1. The number of hydrogen-bond acceptors (Lipinski definition) is 2. The number of aliphatic hydroxyl groups excluding tert-OH is 1. The van der Waals surface area contributed by atoms with E-state index in [2.05, 4.69) is 6.92 Å². The van der Waals surface area contributed by atoms with Gasteiger partial charge in [-0.3, -0.25) is 0 Å². The van der Waals surface area contributed by atoms with Crippen LogP contribution in [0.2, 0.25) is 0 Å². The molecule has 11 heavy (non-hydrogen) atoms. The molecule has 1 nitrogen and oxygen atoms in total. The van der Waals surface area contributed by atoms with Crippen LogP contribution in [0.25, 0.3) is 0 Å². The highest BCUT2D eigenvalue weighted by atomic mass is 32.2. The Morgan fingerprint density at radius 2 is 2.45 bits per heavy atom. The summed E-state index contributed by atoms with van der Waals surface area (Å²) in [6, 6.07) is 0. The Morgan fingerprint density at radius 3 is 3.09 bits per heavy atom. The van der Waals surface area contributed by atoms with Crippen molar-refractivity contribution in [1.29, 1.82) is 0 Å². The Labute approximate surface area is 71.5 Å². The SMILES string of the molecule is CCS/C=C1\C=CC=CC1O. The van der Waals surface area contributed by atoms with Crippen molar-refractivity contribution in [3.63, 3.8) is 0 Å². The summed E-state index contributed by atoms with van der Waals surface area (Å²) in [6.07, 6.45) is 7.11. The Hall–Kier alpha value is -0.470. The Bertz CT molecular complexity index is 204. The molecule has 1 aliphatic rings. The Kier molecular flexibility index (Phi) is 3.46. The summed E-state index contributed by atoms with van der Waals surface area (Å²) in [6.45, 7) is 2.09. The van der Waals surface area contributed by atoms with E-state index >= 15 is 0 Å². The number of rotatable bonds is 2. The lowest BCUT2D eigenvalue weighted by Crippen LogP contribution is -2.06. The van der Waals surface area contributed by atoms with Crippen molar-refractivity contribution in [3.8, 4) is 0 Å². The quantitative estimate of drug-likeness (QED) is 0.681. The van der Waals surface area contributed by atoms with E-state index < -0.39 is 6.10 Å². The first kappa shape index (κ1) is 8.62. The highest BCUT2D eigenvalue weighted by Crippen LogP contribution is 2.15. The van der Waals surface area contributed by atoms with Gasteiger partial charge in [-0.1, -0.05) is 31.2 Å². The van der Waals surface area contributed by atoms with Crippen molar-refractivity contribution in [3.05, 3.63) is 35.3 Å². The molecule has 0 aromatic carbocycles. The molecule has 0 amide bonds. The van der Waals surface area contributed by atoms with Crippen LogP contribution < -0.4 is 0 Å². The van der Waals surface area contributed by atoms with Crippen molar-refractivity contribution in [1.82, 2.24) is 0 Å². The van der Waals surface area contributed by atoms with Gasteiger partial charge >= 0.3 is 0 Å². The van der Waals surface area contributed by atoms with Crippen LogP contribution in [-0.2, 0) is 0 Å². The van der Waals surface area contributed by atoms with Crippen LogP contribution in [0, 0.1) is 0 Å². The van der Waals surface area contributed by atoms with Gasteiger partial charge in [0.25, 0.3) is 0 Å². The van der Waals surface area contributed by atoms with Crippen LogP contribution >= 0.6 is 11.8 Å². The molecule has 0 heterocycles. The van der Waals surface area contributed by atoms with Crippen molar-refractivity contribution >= 4 is 11.8 Å². The van der Waals surface area contributed by atoms with Gasteiger partial charge in [0.15, 0.2) is 0 Å². The molecule has 60 valence electrons. The Balaban J connectivity index is 2.57. The van der Waals surface area contributed by atoms with E-state index in [1.54, 1.807) is 17.8 Å². The van der Waals surface area contributed by atoms with E-state index in [-0.39, 0.29) is 0 Å². The van der Waals surface area contributed by atoms with E-state index in [1.807, 2.05) is 23.6 Å². The van der Waals surface area contributed by atoms with Crippen molar-refractivity contribution in [2.45, 2.75) is 13.0 Å². The van der Waals surface area contributed by atoms with Crippen LogP contribution in [0.4, 0.5) is 0 Å². The lowest BCUT2D eigenvalue weighted by molar-refractivity contribution is 0.262. The van der Waals surface area contributed by atoms with Gasteiger partial charge < -0.3 is 5.11 Å². The maximum Gasteiger partial charge on any atom is 0.0979 e. The molecule has 0 radical (unpaired) electrons. The summed E-state index contributed by atoms with van der Waals surface area (Å²) in [7, 11) is 0. The van der Waals surface area contributed by atoms with Gasteiger partial charge in [0.1, 0.15) is 0 Å². The summed E-state index contributed by atoms with van der Waals surface area (Å²) < 4.78 is 0. The minimum atomic E-state index is -0.404. The van der Waals surface area contributed by atoms with Gasteiger partial charge in [0.05, 0.1) is 6.10 Å². The Morgan fingerprint density at radius 1 is 1.64 bits per heavy atom. The first-order chi connectivity index (χ1) is 5.34. The molecule has 0 saturated heterocycles. The molecule has 0 fully saturated rings. The molecule has 1 aliphatic carbocycles. The second kappa shape index (κ2) is 4.42. The van der Waals surface area contributed by atoms with E-state index in [1.165, 1.54) is 0 Å². The fraction of sp³-hybridized carbons (Fsp3) is 0.333. The molecule has 1 N–H and O–H groups in total. The molecule has 1 unspecified atom stereocenters. The number of hydrogen-bond donors (Lipinski definition) is 1. The van der Waals surface area contributed by atoms with Crippen molar-refractivity contribution < 1.29 is 5.11 Å². The average Bonchev–Trinajstić information content (AvgIpc) is 2.03.